The molecule has 136 valence electrons. The molecule has 0 unspecified atom stereocenters. The first kappa shape index (κ1) is 19.0. The Labute approximate surface area is 144 Å². The van der Waals surface area contributed by atoms with Gasteiger partial charge in [0.25, 0.3) is 5.91 Å². The van der Waals surface area contributed by atoms with Crippen molar-refractivity contribution in [2.75, 3.05) is 25.1 Å². The predicted octanol–water partition coefficient (Wildman–Crippen LogP) is 3.70. The van der Waals surface area contributed by atoms with Crippen molar-refractivity contribution in [2.24, 2.45) is 0 Å². The van der Waals surface area contributed by atoms with E-state index in [1.54, 1.807) is 24.4 Å². The van der Waals surface area contributed by atoms with E-state index in [0.717, 1.165) is 11.3 Å². The van der Waals surface area contributed by atoms with Crippen LogP contribution in [-0.2, 0) is 14.3 Å². The maximum absolute atomic E-state index is 12.2. The highest BCUT2D eigenvalue weighted by molar-refractivity contribution is 7.15. The summed E-state index contributed by atoms with van der Waals surface area (Å²) in [6.45, 7) is -0.586. The first-order chi connectivity index (χ1) is 11.8. The second-order valence-corrected chi connectivity index (χ2v) is 5.59. The summed E-state index contributed by atoms with van der Waals surface area (Å²) in [5.74, 6) is -1.10. The Hall–Kier alpha value is -2.33. The summed E-state index contributed by atoms with van der Waals surface area (Å²) in [4.78, 5) is 23.9. The zero-order chi connectivity index (χ0) is 18.4. The van der Waals surface area contributed by atoms with E-state index < -0.39 is 31.3 Å². The fourth-order valence-electron chi connectivity index (χ4n) is 1.89. The lowest BCUT2D eigenvalue weighted by molar-refractivity contribution is -0.174. The molecule has 2 heterocycles. The Morgan fingerprint density at radius 3 is 2.72 bits per heavy atom. The van der Waals surface area contributed by atoms with E-state index in [-0.39, 0.29) is 17.2 Å². The summed E-state index contributed by atoms with van der Waals surface area (Å²) in [5.41, 5.74) is 0.492. The van der Waals surface area contributed by atoms with E-state index in [1.807, 2.05) is 0 Å². The van der Waals surface area contributed by atoms with E-state index in [1.165, 1.54) is 6.26 Å². The lowest BCUT2D eigenvalue weighted by Crippen LogP contribution is -2.24. The second-order valence-electron chi connectivity index (χ2n) is 4.71. The SMILES string of the molecule is CCOC(=O)c1c(-c2ccco2)csc1NC(=O)COCC(F)(F)F. The van der Waals surface area contributed by atoms with Crippen molar-refractivity contribution in [1.29, 1.82) is 0 Å². The number of furan rings is 1. The second kappa shape index (κ2) is 8.17. The minimum absolute atomic E-state index is 0.0750. The van der Waals surface area contributed by atoms with Crippen LogP contribution >= 0.6 is 11.3 Å². The van der Waals surface area contributed by atoms with Crippen LogP contribution in [0, 0.1) is 0 Å². The number of esters is 1. The topological polar surface area (TPSA) is 77.8 Å². The van der Waals surface area contributed by atoms with Gasteiger partial charge in [0.1, 0.15) is 29.5 Å². The number of nitrogens with one attached hydrogen (secondary N) is 1. The van der Waals surface area contributed by atoms with Crippen molar-refractivity contribution >= 4 is 28.2 Å². The van der Waals surface area contributed by atoms with Crippen LogP contribution in [0.3, 0.4) is 0 Å². The summed E-state index contributed by atoms with van der Waals surface area (Å²) < 4.78 is 50.6. The standard InChI is InChI=1S/C15H14F3NO5S/c1-2-23-14(21)12-9(10-4-3-5-24-10)7-25-13(12)19-11(20)6-22-8-15(16,17)18/h3-5,7H,2,6,8H2,1H3,(H,19,20). The quantitative estimate of drug-likeness (QED) is 0.745. The van der Waals surface area contributed by atoms with Gasteiger partial charge in [-0.3, -0.25) is 4.79 Å². The Kier molecular flexibility index (Phi) is 6.21. The van der Waals surface area contributed by atoms with Crippen molar-refractivity contribution in [3.63, 3.8) is 0 Å². The number of alkyl halides is 3. The van der Waals surface area contributed by atoms with Crippen molar-refractivity contribution in [1.82, 2.24) is 0 Å². The average Bonchev–Trinajstić information content (AvgIpc) is 3.14. The molecule has 0 spiro atoms. The van der Waals surface area contributed by atoms with Gasteiger partial charge in [0.2, 0.25) is 0 Å². The fraction of sp³-hybridized carbons (Fsp3) is 0.333. The average molecular weight is 377 g/mol. The maximum Gasteiger partial charge on any atom is 0.411 e. The van der Waals surface area contributed by atoms with Gasteiger partial charge in [-0.25, -0.2) is 4.79 Å². The molecular weight excluding hydrogens is 363 g/mol. The van der Waals surface area contributed by atoms with Gasteiger partial charge in [0.15, 0.2) is 0 Å². The number of hydrogen-bond donors (Lipinski definition) is 1. The van der Waals surface area contributed by atoms with E-state index >= 15 is 0 Å². The van der Waals surface area contributed by atoms with E-state index in [4.69, 9.17) is 9.15 Å². The first-order valence-corrected chi connectivity index (χ1v) is 7.96. The number of carbonyl (C=O) groups is 2. The molecule has 1 amide bonds. The van der Waals surface area contributed by atoms with Gasteiger partial charge in [-0.15, -0.1) is 11.3 Å². The molecule has 0 saturated heterocycles. The zero-order valence-corrected chi connectivity index (χ0v) is 13.8. The predicted molar refractivity (Wildman–Crippen MR) is 83.5 cm³/mol. The maximum atomic E-state index is 12.2. The van der Waals surface area contributed by atoms with Gasteiger partial charge in [0.05, 0.1) is 12.9 Å². The third-order valence-corrected chi connectivity index (χ3v) is 3.70. The minimum Gasteiger partial charge on any atom is -0.464 e. The smallest absolute Gasteiger partial charge is 0.411 e. The molecule has 10 heteroatoms. The first-order valence-electron chi connectivity index (χ1n) is 7.08. The molecule has 0 bridgehead atoms. The summed E-state index contributed by atoms with van der Waals surface area (Å²) in [7, 11) is 0. The Bertz CT molecular complexity index is 724. The fourth-order valence-corrected chi connectivity index (χ4v) is 2.84. The van der Waals surface area contributed by atoms with Crippen LogP contribution in [0.4, 0.5) is 18.2 Å². The molecule has 0 saturated carbocycles. The number of ether oxygens (including phenoxy) is 2. The van der Waals surface area contributed by atoms with Crippen LogP contribution in [0.5, 0.6) is 0 Å². The van der Waals surface area contributed by atoms with Gasteiger partial charge in [-0.2, -0.15) is 13.2 Å². The van der Waals surface area contributed by atoms with E-state index in [0.29, 0.717) is 11.3 Å². The molecule has 0 fully saturated rings. The van der Waals surface area contributed by atoms with Gasteiger partial charge in [-0.1, -0.05) is 0 Å². The summed E-state index contributed by atoms with van der Waals surface area (Å²) in [6, 6.07) is 3.26. The summed E-state index contributed by atoms with van der Waals surface area (Å²) in [5, 5.41) is 4.09. The molecule has 0 aromatic carbocycles. The molecule has 2 rings (SSSR count). The molecule has 2 aromatic heterocycles. The molecule has 0 aliphatic rings. The molecule has 0 aliphatic heterocycles. The van der Waals surface area contributed by atoms with Crippen LogP contribution < -0.4 is 5.32 Å². The number of hydrogen-bond acceptors (Lipinski definition) is 6. The van der Waals surface area contributed by atoms with Crippen LogP contribution in [0.15, 0.2) is 28.2 Å². The summed E-state index contributed by atoms with van der Waals surface area (Å²) in [6.07, 6.45) is -3.10. The number of thiophene rings is 1. The molecule has 2 aromatic rings. The van der Waals surface area contributed by atoms with E-state index in [9.17, 15) is 22.8 Å². The van der Waals surface area contributed by atoms with Crippen molar-refractivity contribution < 1.29 is 36.7 Å². The molecule has 25 heavy (non-hydrogen) atoms. The number of carbonyl (C=O) groups excluding carboxylic acids is 2. The molecule has 1 N–H and O–H groups in total. The third-order valence-electron chi connectivity index (χ3n) is 2.81. The summed E-state index contributed by atoms with van der Waals surface area (Å²) >= 11 is 1.03. The molecule has 0 aliphatic carbocycles. The molecule has 6 nitrogen and oxygen atoms in total. The third kappa shape index (κ3) is 5.33. The Morgan fingerprint density at radius 1 is 1.36 bits per heavy atom. The molecule has 0 radical (unpaired) electrons. The van der Waals surface area contributed by atoms with Crippen LogP contribution in [-0.4, -0.2) is 37.9 Å². The van der Waals surface area contributed by atoms with Crippen LogP contribution in [0.25, 0.3) is 11.3 Å². The van der Waals surface area contributed by atoms with Gasteiger partial charge in [-0.05, 0) is 19.1 Å². The highest BCUT2D eigenvalue weighted by Crippen LogP contribution is 2.36. The normalized spacial score (nSPS) is 11.4. The van der Waals surface area contributed by atoms with Crippen molar-refractivity contribution in [3.8, 4) is 11.3 Å². The minimum atomic E-state index is -4.52. The molecular formula is C15H14F3NO5S. The number of amides is 1. The van der Waals surface area contributed by atoms with Gasteiger partial charge < -0.3 is 19.2 Å². The van der Waals surface area contributed by atoms with Gasteiger partial charge in [0, 0.05) is 10.9 Å². The highest BCUT2D eigenvalue weighted by Gasteiger charge is 2.28. The van der Waals surface area contributed by atoms with E-state index in [2.05, 4.69) is 10.1 Å². The number of anilines is 1. The van der Waals surface area contributed by atoms with Crippen molar-refractivity contribution in [3.05, 3.63) is 29.3 Å². The monoisotopic (exact) mass is 377 g/mol. The Balaban J connectivity index is 2.14. The van der Waals surface area contributed by atoms with Crippen LogP contribution in [0.1, 0.15) is 17.3 Å². The van der Waals surface area contributed by atoms with Gasteiger partial charge >= 0.3 is 12.1 Å². The largest absolute Gasteiger partial charge is 0.464 e. The lowest BCUT2D eigenvalue weighted by Gasteiger charge is -2.09. The zero-order valence-electron chi connectivity index (χ0n) is 13.0. The van der Waals surface area contributed by atoms with Crippen LogP contribution in [0.2, 0.25) is 0 Å². The highest BCUT2D eigenvalue weighted by atomic mass is 32.1. The molecule has 0 atom stereocenters. The van der Waals surface area contributed by atoms with Crippen molar-refractivity contribution in [2.45, 2.75) is 13.1 Å². The lowest BCUT2D eigenvalue weighted by atomic mass is 10.1. The Morgan fingerprint density at radius 2 is 2.12 bits per heavy atom. The number of halogens is 3. The number of rotatable bonds is 7.